The van der Waals surface area contributed by atoms with Gasteiger partial charge < -0.3 is 20.3 Å². The summed E-state index contributed by atoms with van der Waals surface area (Å²) in [5.41, 5.74) is 4.70. The maximum atomic E-state index is 5.51. The molecular formula is C20H28N3OS+. The van der Waals surface area contributed by atoms with Gasteiger partial charge >= 0.3 is 0 Å². The van der Waals surface area contributed by atoms with Gasteiger partial charge in [0.2, 0.25) is 0 Å². The maximum absolute atomic E-state index is 5.51. The minimum absolute atomic E-state index is 0.232. The van der Waals surface area contributed by atoms with Gasteiger partial charge in [-0.15, -0.1) is 0 Å². The zero-order chi connectivity index (χ0) is 18.4. The Hall–Kier alpha value is -2.11. The summed E-state index contributed by atoms with van der Waals surface area (Å²) in [6.45, 7) is 4.93. The Labute approximate surface area is 156 Å². The van der Waals surface area contributed by atoms with E-state index in [1.165, 1.54) is 21.6 Å². The molecule has 1 atom stereocenters. The molecule has 0 radical (unpaired) electrons. The number of ether oxygens (including phenoxy) is 1. The molecule has 0 aliphatic rings. The van der Waals surface area contributed by atoms with Crippen molar-refractivity contribution < 1.29 is 9.64 Å². The first-order chi connectivity index (χ1) is 11.9. The Morgan fingerprint density at radius 3 is 2.48 bits per heavy atom. The Balaban J connectivity index is 2.03. The molecule has 0 bridgehead atoms. The van der Waals surface area contributed by atoms with E-state index in [-0.39, 0.29) is 6.04 Å². The van der Waals surface area contributed by atoms with Crippen molar-refractivity contribution in [2.24, 2.45) is 0 Å². The van der Waals surface area contributed by atoms with E-state index in [4.69, 9.17) is 17.0 Å². The van der Waals surface area contributed by atoms with E-state index in [2.05, 4.69) is 56.8 Å². The lowest BCUT2D eigenvalue weighted by Crippen LogP contribution is -3.07. The fourth-order valence-corrected chi connectivity index (χ4v) is 2.97. The van der Waals surface area contributed by atoms with Crippen LogP contribution in [0.5, 0.6) is 5.75 Å². The number of hydrogen-bond donors (Lipinski definition) is 3. The molecule has 5 heteroatoms. The minimum Gasteiger partial charge on any atom is -0.496 e. The van der Waals surface area contributed by atoms with Gasteiger partial charge in [0, 0.05) is 5.69 Å². The molecule has 0 fully saturated rings. The molecule has 4 nitrogen and oxygen atoms in total. The monoisotopic (exact) mass is 358 g/mol. The topological polar surface area (TPSA) is 37.7 Å². The van der Waals surface area contributed by atoms with Crippen molar-refractivity contribution in [1.29, 1.82) is 0 Å². The Kier molecular flexibility index (Phi) is 6.79. The number of aryl methyl sites for hydroxylation is 2. The van der Waals surface area contributed by atoms with E-state index in [0.717, 1.165) is 18.0 Å². The van der Waals surface area contributed by atoms with Gasteiger partial charge in [-0.05, 0) is 61.5 Å². The van der Waals surface area contributed by atoms with Crippen LogP contribution in [0.3, 0.4) is 0 Å². The molecule has 3 N–H and O–H groups in total. The molecule has 0 unspecified atom stereocenters. The Morgan fingerprint density at radius 1 is 1.12 bits per heavy atom. The molecule has 0 aliphatic carbocycles. The molecule has 2 aromatic rings. The van der Waals surface area contributed by atoms with Crippen LogP contribution in [-0.4, -0.2) is 32.9 Å². The molecule has 134 valence electrons. The van der Waals surface area contributed by atoms with Crippen molar-refractivity contribution in [3.8, 4) is 5.75 Å². The number of benzene rings is 2. The standard InChI is InChI=1S/C20H27N3OS/c1-14-10-11-16(12-15(14)2)22-20(25)21-13-18(23(3)4)17-8-6-7-9-19(17)24-5/h6-12,18H,13H2,1-5H3,(H2,21,22,25)/p+1/t18-/m1/s1. The predicted octanol–water partition coefficient (Wildman–Crippen LogP) is 2.48. The molecule has 0 saturated carbocycles. The summed E-state index contributed by atoms with van der Waals surface area (Å²) in [7, 11) is 5.98. The van der Waals surface area contributed by atoms with E-state index in [1.807, 2.05) is 24.3 Å². The number of nitrogens with one attached hydrogen (secondary N) is 3. The van der Waals surface area contributed by atoms with Crippen LogP contribution in [0.2, 0.25) is 0 Å². The summed E-state index contributed by atoms with van der Waals surface area (Å²) in [5, 5.41) is 7.23. The van der Waals surface area contributed by atoms with Gasteiger partial charge in [0.05, 0.1) is 33.3 Å². The molecule has 2 rings (SSSR count). The molecule has 0 spiro atoms. The lowest BCUT2D eigenvalue weighted by molar-refractivity contribution is -0.890. The second kappa shape index (κ2) is 8.83. The quantitative estimate of drug-likeness (QED) is 0.694. The van der Waals surface area contributed by atoms with Crippen LogP contribution in [0.15, 0.2) is 42.5 Å². The number of anilines is 1. The van der Waals surface area contributed by atoms with Gasteiger partial charge in [-0.25, -0.2) is 0 Å². The van der Waals surface area contributed by atoms with Crippen molar-refractivity contribution >= 4 is 23.0 Å². The van der Waals surface area contributed by atoms with Crippen molar-refractivity contribution in [2.45, 2.75) is 19.9 Å². The average molecular weight is 359 g/mol. The molecule has 0 heterocycles. The number of para-hydroxylation sites is 1. The molecule has 0 aliphatic heterocycles. The van der Waals surface area contributed by atoms with Crippen LogP contribution >= 0.6 is 12.2 Å². The summed E-state index contributed by atoms with van der Waals surface area (Å²) >= 11 is 5.47. The third-order valence-electron chi connectivity index (χ3n) is 4.44. The van der Waals surface area contributed by atoms with Crippen LogP contribution < -0.4 is 20.3 Å². The lowest BCUT2D eigenvalue weighted by Gasteiger charge is -2.24. The fraction of sp³-hybridized carbons (Fsp3) is 0.350. The summed E-state index contributed by atoms with van der Waals surface area (Å²) in [6, 6.07) is 14.6. The minimum atomic E-state index is 0.232. The third-order valence-corrected chi connectivity index (χ3v) is 4.69. The van der Waals surface area contributed by atoms with Gasteiger partial charge in [-0.3, -0.25) is 0 Å². The highest BCUT2D eigenvalue weighted by atomic mass is 32.1. The zero-order valence-electron chi connectivity index (χ0n) is 15.6. The van der Waals surface area contributed by atoms with Gasteiger partial charge in [0.1, 0.15) is 11.8 Å². The second-order valence-corrected chi connectivity index (χ2v) is 6.91. The summed E-state index contributed by atoms with van der Waals surface area (Å²) in [6.07, 6.45) is 0. The first kappa shape index (κ1) is 19.2. The van der Waals surface area contributed by atoms with Crippen molar-refractivity contribution in [3.05, 3.63) is 59.2 Å². The average Bonchev–Trinajstić information content (AvgIpc) is 2.58. The van der Waals surface area contributed by atoms with Crippen LogP contribution in [0.25, 0.3) is 0 Å². The maximum Gasteiger partial charge on any atom is 0.171 e. The van der Waals surface area contributed by atoms with Crippen molar-refractivity contribution in [2.75, 3.05) is 33.1 Å². The summed E-state index contributed by atoms with van der Waals surface area (Å²) in [5.74, 6) is 0.906. The molecular weight excluding hydrogens is 330 g/mol. The van der Waals surface area contributed by atoms with Gasteiger partial charge in [-0.1, -0.05) is 18.2 Å². The Morgan fingerprint density at radius 2 is 1.84 bits per heavy atom. The first-order valence-corrected chi connectivity index (χ1v) is 8.88. The normalized spacial score (nSPS) is 11.9. The van der Waals surface area contributed by atoms with E-state index in [0.29, 0.717) is 5.11 Å². The van der Waals surface area contributed by atoms with Crippen LogP contribution in [0.1, 0.15) is 22.7 Å². The van der Waals surface area contributed by atoms with Crippen molar-refractivity contribution in [3.63, 3.8) is 0 Å². The van der Waals surface area contributed by atoms with Gasteiger partial charge in [0.25, 0.3) is 0 Å². The fourth-order valence-electron chi connectivity index (χ4n) is 2.77. The molecule has 0 saturated heterocycles. The van der Waals surface area contributed by atoms with Crippen molar-refractivity contribution in [1.82, 2.24) is 5.32 Å². The van der Waals surface area contributed by atoms with Gasteiger partial charge in [0.15, 0.2) is 5.11 Å². The third kappa shape index (κ3) is 5.18. The summed E-state index contributed by atoms with van der Waals surface area (Å²) < 4.78 is 5.51. The number of hydrogen-bond acceptors (Lipinski definition) is 2. The van der Waals surface area contributed by atoms with Crippen LogP contribution in [-0.2, 0) is 0 Å². The molecule has 0 amide bonds. The van der Waals surface area contributed by atoms with E-state index < -0.39 is 0 Å². The number of methoxy groups -OCH3 is 1. The lowest BCUT2D eigenvalue weighted by atomic mass is 10.0. The highest BCUT2D eigenvalue weighted by Crippen LogP contribution is 2.22. The number of thiocarbonyl (C=S) groups is 1. The largest absolute Gasteiger partial charge is 0.496 e. The highest BCUT2D eigenvalue weighted by molar-refractivity contribution is 7.80. The SMILES string of the molecule is COc1ccccc1[C@@H](CNC(=S)Nc1ccc(C)c(C)c1)[NH+](C)C. The predicted molar refractivity (Wildman–Crippen MR) is 109 cm³/mol. The van der Waals surface area contributed by atoms with Crippen LogP contribution in [0, 0.1) is 13.8 Å². The number of rotatable bonds is 6. The number of likely N-dealkylation sites (N-methyl/N-ethyl adjacent to an activating group) is 1. The van der Waals surface area contributed by atoms with Crippen LogP contribution in [0.4, 0.5) is 5.69 Å². The van der Waals surface area contributed by atoms with Gasteiger partial charge in [-0.2, -0.15) is 0 Å². The summed E-state index contributed by atoms with van der Waals surface area (Å²) in [4.78, 5) is 1.31. The van der Waals surface area contributed by atoms with E-state index in [9.17, 15) is 0 Å². The smallest absolute Gasteiger partial charge is 0.171 e. The highest BCUT2D eigenvalue weighted by Gasteiger charge is 2.21. The molecule has 0 aromatic heterocycles. The number of quaternary nitrogens is 1. The molecule has 2 aromatic carbocycles. The second-order valence-electron chi connectivity index (χ2n) is 6.51. The zero-order valence-corrected chi connectivity index (χ0v) is 16.5. The first-order valence-electron chi connectivity index (χ1n) is 8.47. The molecule has 25 heavy (non-hydrogen) atoms. The van der Waals surface area contributed by atoms with E-state index >= 15 is 0 Å². The van der Waals surface area contributed by atoms with E-state index in [1.54, 1.807) is 7.11 Å². The Bertz CT molecular complexity index is 731.